The van der Waals surface area contributed by atoms with E-state index in [-0.39, 0.29) is 24.0 Å². The molecule has 0 bridgehead atoms. The standard InChI is InChI=1S/C22H31N5.HI/c1-16(2)19-5-4-6-20(13-19)26-22(23)25-15-18-7-8-21(24-14-18)27-11-9-17(3)10-12-27;/h4-8,13-14,16-17H,9-12,15H2,1-3H3,(H3,23,25,26);1H. The van der Waals surface area contributed by atoms with Crippen LogP contribution in [0.2, 0.25) is 0 Å². The fourth-order valence-corrected chi connectivity index (χ4v) is 3.27. The second-order valence-electron chi connectivity index (χ2n) is 7.80. The monoisotopic (exact) mass is 493 g/mol. The van der Waals surface area contributed by atoms with Crippen LogP contribution in [0.25, 0.3) is 0 Å². The zero-order valence-corrected chi connectivity index (χ0v) is 19.4. The summed E-state index contributed by atoms with van der Waals surface area (Å²) >= 11 is 0. The number of guanidine groups is 1. The SMILES string of the molecule is CC1CCN(c2ccc(CN=C(N)Nc3cccc(C(C)C)c3)cn2)CC1.I. The Labute approximate surface area is 185 Å². The molecule has 0 spiro atoms. The van der Waals surface area contributed by atoms with Gasteiger partial charge in [-0.05, 0) is 54.0 Å². The van der Waals surface area contributed by atoms with Gasteiger partial charge in [0.05, 0.1) is 6.54 Å². The van der Waals surface area contributed by atoms with Crippen molar-refractivity contribution in [1.29, 1.82) is 0 Å². The van der Waals surface area contributed by atoms with Gasteiger partial charge in [-0.1, -0.05) is 39.0 Å². The Hall–Kier alpha value is -1.83. The van der Waals surface area contributed by atoms with E-state index in [1.165, 1.54) is 18.4 Å². The lowest BCUT2D eigenvalue weighted by atomic mass is 9.99. The lowest BCUT2D eigenvalue weighted by molar-refractivity contribution is 0.436. The molecule has 0 unspecified atom stereocenters. The van der Waals surface area contributed by atoms with E-state index in [0.717, 1.165) is 36.1 Å². The number of aliphatic imine (C=N–C) groups is 1. The van der Waals surface area contributed by atoms with Gasteiger partial charge in [-0.25, -0.2) is 9.98 Å². The number of nitrogens with one attached hydrogen (secondary N) is 1. The normalized spacial score (nSPS) is 15.4. The lowest BCUT2D eigenvalue weighted by Gasteiger charge is -2.31. The van der Waals surface area contributed by atoms with Gasteiger partial charge in [-0.3, -0.25) is 0 Å². The highest BCUT2D eigenvalue weighted by molar-refractivity contribution is 14.0. The Morgan fingerprint density at radius 2 is 2.00 bits per heavy atom. The summed E-state index contributed by atoms with van der Waals surface area (Å²) in [6, 6.07) is 12.5. The van der Waals surface area contributed by atoms with Crippen molar-refractivity contribution in [2.24, 2.45) is 16.6 Å². The van der Waals surface area contributed by atoms with E-state index in [2.05, 4.69) is 65.2 Å². The van der Waals surface area contributed by atoms with Gasteiger partial charge in [-0.2, -0.15) is 0 Å². The summed E-state index contributed by atoms with van der Waals surface area (Å²) in [6.07, 6.45) is 4.39. The van der Waals surface area contributed by atoms with Crippen LogP contribution < -0.4 is 16.0 Å². The topological polar surface area (TPSA) is 66.5 Å². The van der Waals surface area contributed by atoms with Crippen LogP contribution in [-0.4, -0.2) is 24.0 Å². The quantitative estimate of drug-likeness (QED) is 0.350. The first kappa shape index (κ1) is 22.5. The van der Waals surface area contributed by atoms with E-state index in [1.54, 1.807) is 0 Å². The fraction of sp³-hybridized carbons (Fsp3) is 0.455. The minimum Gasteiger partial charge on any atom is -0.370 e. The molecule has 1 aromatic carbocycles. The van der Waals surface area contributed by atoms with E-state index in [0.29, 0.717) is 18.4 Å². The van der Waals surface area contributed by atoms with E-state index < -0.39 is 0 Å². The number of aromatic nitrogens is 1. The van der Waals surface area contributed by atoms with E-state index >= 15 is 0 Å². The molecule has 3 N–H and O–H groups in total. The smallest absolute Gasteiger partial charge is 0.193 e. The summed E-state index contributed by atoms with van der Waals surface area (Å²) < 4.78 is 0. The van der Waals surface area contributed by atoms with Crippen molar-refractivity contribution < 1.29 is 0 Å². The van der Waals surface area contributed by atoms with Crippen LogP contribution in [0, 0.1) is 5.92 Å². The fourth-order valence-electron chi connectivity index (χ4n) is 3.27. The maximum Gasteiger partial charge on any atom is 0.193 e. The first-order chi connectivity index (χ1) is 13.0. The summed E-state index contributed by atoms with van der Waals surface area (Å²) in [6.45, 7) is 9.39. The lowest BCUT2D eigenvalue weighted by Crippen LogP contribution is -2.33. The highest BCUT2D eigenvalue weighted by atomic mass is 127. The first-order valence-electron chi connectivity index (χ1n) is 9.88. The van der Waals surface area contributed by atoms with Crippen LogP contribution in [0.15, 0.2) is 47.6 Å². The Bertz CT molecular complexity index is 765. The van der Waals surface area contributed by atoms with Gasteiger partial charge >= 0.3 is 0 Å². The zero-order chi connectivity index (χ0) is 19.2. The maximum absolute atomic E-state index is 6.05. The van der Waals surface area contributed by atoms with Crippen molar-refractivity contribution in [2.75, 3.05) is 23.3 Å². The number of anilines is 2. The molecule has 1 aromatic heterocycles. The van der Waals surface area contributed by atoms with Crippen molar-refractivity contribution in [3.63, 3.8) is 0 Å². The van der Waals surface area contributed by atoms with Crippen LogP contribution in [0.3, 0.4) is 0 Å². The maximum atomic E-state index is 6.05. The number of nitrogens with zero attached hydrogens (tertiary/aromatic N) is 3. The van der Waals surface area contributed by atoms with Crippen molar-refractivity contribution in [3.05, 3.63) is 53.7 Å². The average Bonchev–Trinajstić information content (AvgIpc) is 2.68. The number of rotatable bonds is 5. The molecular formula is C22H32IN5. The molecule has 2 heterocycles. The molecule has 0 atom stereocenters. The van der Waals surface area contributed by atoms with Crippen molar-refractivity contribution in [3.8, 4) is 0 Å². The van der Waals surface area contributed by atoms with Gasteiger partial charge in [0.2, 0.25) is 0 Å². The van der Waals surface area contributed by atoms with Gasteiger partial charge in [0.25, 0.3) is 0 Å². The molecule has 0 aliphatic carbocycles. The number of halogens is 1. The molecule has 0 amide bonds. The molecule has 1 aliphatic rings. The molecule has 5 nitrogen and oxygen atoms in total. The Morgan fingerprint density at radius 1 is 1.25 bits per heavy atom. The summed E-state index contributed by atoms with van der Waals surface area (Å²) in [7, 11) is 0. The molecule has 6 heteroatoms. The molecule has 0 saturated carbocycles. The van der Waals surface area contributed by atoms with E-state index in [4.69, 9.17) is 5.73 Å². The van der Waals surface area contributed by atoms with E-state index in [9.17, 15) is 0 Å². The van der Waals surface area contributed by atoms with Gasteiger partial charge < -0.3 is 16.0 Å². The van der Waals surface area contributed by atoms with Crippen LogP contribution in [0.5, 0.6) is 0 Å². The van der Waals surface area contributed by atoms with Crippen LogP contribution in [0.4, 0.5) is 11.5 Å². The molecule has 1 aliphatic heterocycles. The zero-order valence-electron chi connectivity index (χ0n) is 17.1. The van der Waals surface area contributed by atoms with Gasteiger partial charge in [0.15, 0.2) is 5.96 Å². The third kappa shape index (κ3) is 6.36. The van der Waals surface area contributed by atoms with Crippen LogP contribution >= 0.6 is 24.0 Å². The summed E-state index contributed by atoms with van der Waals surface area (Å²) in [5.41, 5.74) is 9.36. The summed E-state index contributed by atoms with van der Waals surface area (Å²) in [5.74, 6) is 2.79. The molecule has 2 aromatic rings. The van der Waals surface area contributed by atoms with Crippen LogP contribution in [-0.2, 0) is 6.54 Å². The molecule has 152 valence electrons. The average molecular weight is 493 g/mol. The Morgan fingerprint density at radius 3 is 2.64 bits per heavy atom. The number of pyridine rings is 1. The number of hydrogen-bond donors (Lipinski definition) is 2. The van der Waals surface area contributed by atoms with Gasteiger partial charge in [0, 0.05) is 25.0 Å². The molecule has 28 heavy (non-hydrogen) atoms. The third-order valence-electron chi connectivity index (χ3n) is 5.17. The summed E-state index contributed by atoms with van der Waals surface area (Å²) in [4.78, 5) is 11.4. The largest absolute Gasteiger partial charge is 0.370 e. The number of hydrogen-bond acceptors (Lipinski definition) is 3. The molecule has 0 radical (unpaired) electrons. The van der Waals surface area contributed by atoms with Gasteiger partial charge in [-0.15, -0.1) is 24.0 Å². The highest BCUT2D eigenvalue weighted by Gasteiger charge is 2.16. The molecule has 1 saturated heterocycles. The van der Waals surface area contributed by atoms with E-state index in [1.807, 2.05) is 18.3 Å². The summed E-state index contributed by atoms with van der Waals surface area (Å²) in [5, 5.41) is 3.17. The third-order valence-corrected chi connectivity index (χ3v) is 5.17. The van der Waals surface area contributed by atoms with Crippen molar-refractivity contribution >= 4 is 41.4 Å². The minimum atomic E-state index is 0. The van der Waals surface area contributed by atoms with Crippen molar-refractivity contribution in [1.82, 2.24) is 4.98 Å². The van der Waals surface area contributed by atoms with Crippen LogP contribution in [0.1, 0.15) is 50.7 Å². The first-order valence-corrected chi connectivity index (χ1v) is 9.88. The molecular weight excluding hydrogens is 461 g/mol. The second-order valence-corrected chi connectivity index (χ2v) is 7.80. The minimum absolute atomic E-state index is 0. The predicted octanol–water partition coefficient (Wildman–Crippen LogP) is 4.99. The van der Waals surface area contributed by atoms with Gasteiger partial charge in [0.1, 0.15) is 5.82 Å². The highest BCUT2D eigenvalue weighted by Crippen LogP contribution is 2.21. The number of nitrogens with two attached hydrogens (primary N) is 1. The van der Waals surface area contributed by atoms with Crippen molar-refractivity contribution in [2.45, 2.75) is 46.1 Å². The number of piperidine rings is 1. The molecule has 3 rings (SSSR count). The second kappa shape index (κ2) is 10.6. The molecule has 1 fully saturated rings. The predicted molar refractivity (Wildman–Crippen MR) is 130 cm³/mol. The Balaban J connectivity index is 0.00000280. The Kier molecular flexibility index (Phi) is 8.54. The number of benzene rings is 1.